The van der Waals surface area contributed by atoms with Crippen LogP contribution in [0.3, 0.4) is 0 Å². The molecule has 0 amide bonds. The fraction of sp³-hybridized carbons (Fsp3) is 0.643. The summed E-state index contributed by atoms with van der Waals surface area (Å²) in [4.78, 5) is 4.17. The van der Waals surface area contributed by atoms with Crippen molar-refractivity contribution in [2.24, 2.45) is 0 Å². The van der Waals surface area contributed by atoms with Crippen LogP contribution in [0.15, 0.2) is 12.3 Å². The van der Waals surface area contributed by atoms with Crippen LogP contribution in [0.25, 0.3) is 0 Å². The molecule has 0 saturated heterocycles. The van der Waals surface area contributed by atoms with E-state index in [1.807, 2.05) is 33.8 Å². The number of aryl methyl sites for hydroxylation is 1. The van der Waals surface area contributed by atoms with Gasteiger partial charge in [-0.1, -0.05) is 6.92 Å². The number of pyridine rings is 1. The van der Waals surface area contributed by atoms with Crippen LogP contribution in [0.1, 0.15) is 37.9 Å². The minimum atomic E-state index is -0.361. The SMILES string of the molecule is CCNC(c1c(C)ccnc1N)C(OCC)OCC. The molecule has 1 unspecified atom stereocenters. The Kier molecular flexibility index (Phi) is 6.77. The van der Waals surface area contributed by atoms with Crippen LogP contribution >= 0.6 is 0 Å². The molecule has 0 spiro atoms. The van der Waals surface area contributed by atoms with Crippen LogP contribution in [0.5, 0.6) is 0 Å². The number of anilines is 1. The summed E-state index contributed by atoms with van der Waals surface area (Å²) >= 11 is 0. The van der Waals surface area contributed by atoms with E-state index in [0.29, 0.717) is 19.0 Å². The first-order valence-electron chi connectivity index (χ1n) is 6.83. The van der Waals surface area contributed by atoms with Gasteiger partial charge < -0.3 is 20.5 Å². The second-order valence-electron chi connectivity index (χ2n) is 4.24. The molecular formula is C14H25N3O2. The Morgan fingerprint density at radius 1 is 1.26 bits per heavy atom. The van der Waals surface area contributed by atoms with Gasteiger partial charge in [0.05, 0.1) is 6.04 Å². The van der Waals surface area contributed by atoms with E-state index in [-0.39, 0.29) is 12.3 Å². The first-order valence-corrected chi connectivity index (χ1v) is 6.83. The highest BCUT2D eigenvalue weighted by atomic mass is 16.7. The third-order valence-corrected chi connectivity index (χ3v) is 2.91. The van der Waals surface area contributed by atoms with E-state index in [2.05, 4.69) is 10.3 Å². The summed E-state index contributed by atoms with van der Waals surface area (Å²) < 4.78 is 11.4. The lowest BCUT2D eigenvalue weighted by Gasteiger charge is -2.29. The van der Waals surface area contributed by atoms with E-state index in [1.54, 1.807) is 6.20 Å². The zero-order chi connectivity index (χ0) is 14.3. The monoisotopic (exact) mass is 267 g/mol. The maximum Gasteiger partial charge on any atom is 0.176 e. The second kappa shape index (κ2) is 8.09. The van der Waals surface area contributed by atoms with Crippen molar-refractivity contribution in [3.63, 3.8) is 0 Å². The van der Waals surface area contributed by atoms with Crippen molar-refractivity contribution >= 4 is 5.82 Å². The Labute approximate surface area is 115 Å². The van der Waals surface area contributed by atoms with Crippen molar-refractivity contribution in [2.45, 2.75) is 40.0 Å². The van der Waals surface area contributed by atoms with Gasteiger partial charge in [-0.15, -0.1) is 0 Å². The van der Waals surface area contributed by atoms with Crippen molar-refractivity contribution < 1.29 is 9.47 Å². The molecule has 5 nitrogen and oxygen atoms in total. The molecule has 1 aromatic heterocycles. The van der Waals surface area contributed by atoms with Gasteiger partial charge in [0, 0.05) is 25.0 Å². The topological polar surface area (TPSA) is 69.4 Å². The molecule has 0 aromatic carbocycles. The minimum absolute atomic E-state index is 0.112. The Morgan fingerprint density at radius 3 is 2.37 bits per heavy atom. The number of nitrogens with two attached hydrogens (primary N) is 1. The quantitative estimate of drug-likeness (QED) is 0.705. The number of nitrogen functional groups attached to an aromatic ring is 1. The molecule has 1 rings (SSSR count). The lowest BCUT2D eigenvalue weighted by molar-refractivity contribution is -0.155. The molecule has 19 heavy (non-hydrogen) atoms. The molecule has 0 aliphatic rings. The Morgan fingerprint density at radius 2 is 1.89 bits per heavy atom. The molecule has 1 atom stereocenters. The highest BCUT2D eigenvalue weighted by molar-refractivity contribution is 5.46. The van der Waals surface area contributed by atoms with E-state index < -0.39 is 0 Å². The first kappa shape index (κ1) is 15.9. The predicted octanol–water partition coefficient (Wildman–Crippen LogP) is 2.02. The van der Waals surface area contributed by atoms with E-state index in [9.17, 15) is 0 Å². The van der Waals surface area contributed by atoms with Crippen molar-refractivity contribution in [1.82, 2.24) is 10.3 Å². The summed E-state index contributed by atoms with van der Waals surface area (Å²) in [5.74, 6) is 0.523. The summed E-state index contributed by atoms with van der Waals surface area (Å²) in [7, 11) is 0. The van der Waals surface area contributed by atoms with Gasteiger partial charge in [0.15, 0.2) is 6.29 Å². The van der Waals surface area contributed by atoms with Crippen LogP contribution in [-0.2, 0) is 9.47 Å². The number of likely N-dealkylation sites (N-methyl/N-ethyl adjacent to an activating group) is 1. The third-order valence-electron chi connectivity index (χ3n) is 2.91. The maximum absolute atomic E-state index is 6.02. The normalized spacial score (nSPS) is 12.9. The first-order chi connectivity index (χ1) is 9.15. The number of ether oxygens (including phenoxy) is 2. The fourth-order valence-corrected chi connectivity index (χ4v) is 2.12. The van der Waals surface area contributed by atoms with Crippen molar-refractivity contribution in [3.05, 3.63) is 23.4 Å². The largest absolute Gasteiger partial charge is 0.383 e. The Balaban J connectivity index is 3.09. The van der Waals surface area contributed by atoms with Gasteiger partial charge >= 0.3 is 0 Å². The predicted molar refractivity (Wildman–Crippen MR) is 76.8 cm³/mol. The van der Waals surface area contributed by atoms with E-state index in [1.165, 1.54) is 0 Å². The van der Waals surface area contributed by atoms with Gasteiger partial charge in [-0.05, 0) is 38.9 Å². The fourth-order valence-electron chi connectivity index (χ4n) is 2.12. The Bertz CT molecular complexity index is 359. The van der Waals surface area contributed by atoms with Crippen molar-refractivity contribution in [3.8, 4) is 0 Å². The standard InChI is InChI=1S/C14H25N3O2/c1-5-16-12(14(18-6-2)19-7-3)11-10(4)8-9-17-13(11)15/h8-9,12,14,16H,5-7H2,1-4H3,(H2,15,17). The third kappa shape index (κ3) is 4.16. The average molecular weight is 267 g/mol. The molecule has 1 aromatic rings. The van der Waals surface area contributed by atoms with Crippen LogP contribution in [0, 0.1) is 6.92 Å². The summed E-state index contributed by atoms with van der Waals surface area (Å²) in [6.07, 6.45) is 1.35. The highest BCUT2D eigenvalue weighted by Crippen LogP contribution is 2.27. The molecule has 0 fully saturated rings. The summed E-state index contributed by atoms with van der Waals surface area (Å²) in [6.45, 7) is 9.95. The average Bonchev–Trinajstić information content (AvgIpc) is 2.37. The number of nitrogens with zero attached hydrogens (tertiary/aromatic N) is 1. The number of aromatic nitrogens is 1. The molecule has 0 radical (unpaired) electrons. The van der Waals surface area contributed by atoms with Gasteiger partial charge in [0.25, 0.3) is 0 Å². The smallest absolute Gasteiger partial charge is 0.176 e. The summed E-state index contributed by atoms with van der Waals surface area (Å²) in [5.41, 5.74) is 8.06. The molecule has 3 N–H and O–H groups in total. The number of hydrogen-bond donors (Lipinski definition) is 2. The van der Waals surface area contributed by atoms with Crippen LogP contribution < -0.4 is 11.1 Å². The van der Waals surface area contributed by atoms with Crippen molar-refractivity contribution in [2.75, 3.05) is 25.5 Å². The zero-order valence-electron chi connectivity index (χ0n) is 12.3. The lowest BCUT2D eigenvalue weighted by Crippen LogP contribution is -2.37. The molecular weight excluding hydrogens is 242 g/mol. The van der Waals surface area contributed by atoms with E-state index >= 15 is 0 Å². The van der Waals surface area contributed by atoms with Gasteiger partial charge in [0.1, 0.15) is 5.82 Å². The summed E-state index contributed by atoms with van der Waals surface area (Å²) in [5, 5.41) is 3.38. The Hall–Kier alpha value is -1.17. The lowest BCUT2D eigenvalue weighted by atomic mass is 10.0. The second-order valence-corrected chi connectivity index (χ2v) is 4.24. The molecule has 108 valence electrons. The molecule has 0 saturated carbocycles. The van der Waals surface area contributed by atoms with E-state index in [4.69, 9.17) is 15.2 Å². The van der Waals surface area contributed by atoms with Crippen molar-refractivity contribution in [1.29, 1.82) is 0 Å². The maximum atomic E-state index is 6.02. The molecule has 0 aliphatic heterocycles. The zero-order valence-corrected chi connectivity index (χ0v) is 12.3. The van der Waals surface area contributed by atoms with Crippen LogP contribution in [0.4, 0.5) is 5.82 Å². The summed E-state index contributed by atoms with van der Waals surface area (Å²) in [6, 6.07) is 1.84. The van der Waals surface area contributed by atoms with Gasteiger partial charge in [-0.3, -0.25) is 0 Å². The van der Waals surface area contributed by atoms with Crippen LogP contribution in [0.2, 0.25) is 0 Å². The van der Waals surface area contributed by atoms with Gasteiger partial charge in [0.2, 0.25) is 0 Å². The van der Waals surface area contributed by atoms with Gasteiger partial charge in [-0.25, -0.2) is 4.98 Å². The molecule has 1 heterocycles. The van der Waals surface area contributed by atoms with Crippen LogP contribution in [-0.4, -0.2) is 31.0 Å². The van der Waals surface area contributed by atoms with E-state index in [0.717, 1.165) is 17.7 Å². The molecule has 5 heteroatoms. The van der Waals surface area contributed by atoms with Gasteiger partial charge in [-0.2, -0.15) is 0 Å². The minimum Gasteiger partial charge on any atom is -0.383 e. The number of nitrogens with one attached hydrogen (secondary N) is 1. The molecule has 0 aliphatic carbocycles. The molecule has 0 bridgehead atoms. The number of rotatable bonds is 8. The highest BCUT2D eigenvalue weighted by Gasteiger charge is 2.27. The number of hydrogen-bond acceptors (Lipinski definition) is 5.